The topological polar surface area (TPSA) is 125 Å². The number of ketones is 1. The fourth-order valence-electron chi connectivity index (χ4n) is 5.01. The summed E-state index contributed by atoms with van der Waals surface area (Å²) in [4.78, 5) is 68.5. The minimum absolute atomic E-state index is 0.106. The molecule has 11 heteroatoms. The Hall–Kier alpha value is -4.70. The molecular formula is C35H39ClN4O6. The Morgan fingerprint density at radius 2 is 1.67 bits per heavy atom. The number of nitrogens with one attached hydrogen (secondary N) is 2. The van der Waals surface area contributed by atoms with Crippen LogP contribution >= 0.6 is 11.6 Å². The van der Waals surface area contributed by atoms with Crippen molar-refractivity contribution < 1.29 is 28.7 Å². The van der Waals surface area contributed by atoms with Crippen LogP contribution in [0.5, 0.6) is 5.75 Å². The van der Waals surface area contributed by atoms with Crippen molar-refractivity contribution in [3.05, 3.63) is 88.4 Å². The van der Waals surface area contributed by atoms with Gasteiger partial charge in [-0.2, -0.15) is 0 Å². The largest absolute Gasteiger partial charge is 0.493 e. The molecule has 2 N–H and O–H groups in total. The molecule has 1 atom stereocenters. The third-order valence-electron chi connectivity index (χ3n) is 7.43. The fourth-order valence-corrected chi connectivity index (χ4v) is 5.18. The van der Waals surface area contributed by atoms with E-state index in [0.717, 1.165) is 27.3 Å². The van der Waals surface area contributed by atoms with E-state index in [4.69, 9.17) is 16.3 Å². The van der Waals surface area contributed by atoms with Gasteiger partial charge in [-0.05, 0) is 55.7 Å². The molecule has 5 amide bonds. The first kappa shape index (κ1) is 34.2. The van der Waals surface area contributed by atoms with Gasteiger partial charge >= 0.3 is 6.03 Å². The molecule has 4 rings (SSSR count). The molecule has 0 radical (unpaired) electrons. The zero-order valence-electron chi connectivity index (χ0n) is 26.7. The van der Waals surface area contributed by atoms with E-state index in [2.05, 4.69) is 10.6 Å². The number of hydrogen-bond acceptors (Lipinski definition) is 6. The van der Waals surface area contributed by atoms with Crippen LogP contribution in [0.2, 0.25) is 5.02 Å². The molecule has 10 nitrogen and oxygen atoms in total. The average molecular weight is 647 g/mol. The number of aryl methyl sites for hydroxylation is 2. The van der Waals surface area contributed by atoms with Crippen molar-refractivity contribution in [1.82, 2.24) is 9.80 Å². The number of halogens is 1. The molecule has 0 aromatic heterocycles. The lowest BCUT2D eigenvalue weighted by molar-refractivity contribution is -0.143. The predicted octanol–water partition coefficient (Wildman–Crippen LogP) is 6.14. The SMILES string of the molecule is Cc1ccc(OCCCC(=O)Nc2ccc(Cl)c(NC(=O)C(C(=O)C(C)(C)C)N3C(=O)CN(Cc4ccccc4)C3=O)c2)c(C)c1. The highest BCUT2D eigenvalue weighted by Gasteiger charge is 2.49. The van der Waals surface area contributed by atoms with Crippen LogP contribution in [-0.4, -0.2) is 58.5 Å². The maximum Gasteiger partial charge on any atom is 0.328 e. The molecule has 1 unspecified atom stereocenters. The second-order valence-electron chi connectivity index (χ2n) is 12.4. The second-order valence-corrected chi connectivity index (χ2v) is 12.8. The predicted molar refractivity (Wildman–Crippen MR) is 177 cm³/mol. The zero-order valence-corrected chi connectivity index (χ0v) is 27.4. The van der Waals surface area contributed by atoms with Crippen LogP contribution in [0.1, 0.15) is 50.3 Å². The smallest absolute Gasteiger partial charge is 0.328 e. The first-order chi connectivity index (χ1) is 21.7. The van der Waals surface area contributed by atoms with Gasteiger partial charge in [0.1, 0.15) is 12.3 Å². The number of amides is 5. The number of carbonyl (C=O) groups excluding carboxylic acids is 5. The van der Waals surface area contributed by atoms with E-state index in [1.165, 1.54) is 17.0 Å². The standard InChI is InChI=1S/C35H39ClN4O6/c1-22-13-16-28(23(2)18-22)46-17-9-12-29(41)37-25-14-15-26(36)27(19-25)38-33(44)31(32(43)35(3,4)5)40-30(42)21-39(34(40)45)20-24-10-7-6-8-11-24/h6-8,10-11,13-16,18-19,31H,9,12,17,20-21H2,1-5H3,(H,37,41)(H,38,44). The second kappa shape index (κ2) is 14.6. The summed E-state index contributed by atoms with van der Waals surface area (Å²) >= 11 is 6.38. The Kier molecular flexibility index (Phi) is 10.8. The van der Waals surface area contributed by atoms with Gasteiger partial charge in [-0.25, -0.2) is 9.69 Å². The van der Waals surface area contributed by atoms with Gasteiger partial charge < -0.3 is 20.3 Å². The van der Waals surface area contributed by atoms with E-state index in [1.54, 1.807) is 26.8 Å². The first-order valence-corrected chi connectivity index (χ1v) is 15.4. The van der Waals surface area contributed by atoms with Crippen molar-refractivity contribution in [1.29, 1.82) is 0 Å². The number of nitrogens with zero attached hydrogens (tertiary/aromatic N) is 2. The molecule has 1 heterocycles. The number of imide groups is 1. The molecule has 1 saturated heterocycles. The van der Waals surface area contributed by atoms with Crippen LogP contribution in [0.4, 0.5) is 16.2 Å². The van der Waals surface area contributed by atoms with Crippen molar-refractivity contribution in [3.8, 4) is 5.75 Å². The highest BCUT2D eigenvalue weighted by Crippen LogP contribution is 2.29. The number of ether oxygens (including phenoxy) is 1. The van der Waals surface area contributed by atoms with Gasteiger partial charge in [0.2, 0.25) is 5.91 Å². The van der Waals surface area contributed by atoms with E-state index in [1.807, 2.05) is 62.4 Å². The van der Waals surface area contributed by atoms with Crippen molar-refractivity contribution in [2.75, 3.05) is 23.8 Å². The maximum absolute atomic E-state index is 13.7. The van der Waals surface area contributed by atoms with Gasteiger partial charge in [0.05, 0.1) is 17.3 Å². The lowest BCUT2D eigenvalue weighted by Crippen LogP contribution is -2.55. The summed E-state index contributed by atoms with van der Waals surface area (Å²) in [6.45, 7) is 9.04. The minimum atomic E-state index is -1.73. The van der Waals surface area contributed by atoms with E-state index in [9.17, 15) is 24.0 Å². The highest BCUT2D eigenvalue weighted by atomic mass is 35.5. The molecule has 46 heavy (non-hydrogen) atoms. The summed E-state index contributed by atoms with van der Waals surface area (Å²) in [7, 11) is 0. The van der Waals surface area contributed by atoms with Gasteiger partial charge in [0.25, 0.3) is 11.8 Å². The van der Waals surface area contributed by atoms with E-state index >= 15 is 0 Å². The average Bonchev–Trinajstić information content (AvgIpc) is 3.26. The summed E-state index contributed by atoms with van der Waals surface area (Å²) in [6, 6.07) is 17.1. The molecule has 3 aromatic carbocycles. The Balaban J connectivity index is 1.43. The molecular weight excluding hydrogens is 608 g/mol. The Morgan fingerprint density at radius 1 is 0.957 bits per heavy atom. The molecule has 1 aliphatic heterocycles. The lowest BCUT2D eigenvalue weighted by atomic mass is 9.85. The first-order valence-electron chi connectivity index (χ1n) is 15.0. The van der Waals surface area contributed by atoms with Gasteiger partial charge in [-0.1, -0.05) is 80.4 Å². The molecule has 0 saturated carbocycles. The van der Waals surface area contributed by atoms with Crippen LogP contribution in [0.3, 0.4) is 0 Å². The van der Waals surface area contributed by atoms with Gasteiger partial charge in [-0.15, -0.1) is 0 Å². The Labute approximate surface area is 274 Å². The monoisotopic (exact) mass is 646 g/mol. The summed E-state index contributed by atoms with van der Waals surface area (Å²) < 4.78 is 5.80. The molecule has 0 spiro atoms. The van der Waals surface area contributed by atoms with E-state index < -0.39 is 35.1 Å². The number of Topliss-reactive ketones (excluding diaryl/α,β-unsaturated/α-hetero) is 1. The normalized spacial score (nSPS) is 13.9. The number of rotatable bonds is 12. The van der Waals surface area contributed by atoms with Gasteiger partial charge in [0, 0.05) is 24.1 Å². The Morgan fingerprint density at radius 3 is 2.35 bits per heavy atom. The lowest BCUT2D eigenvalue weighted by Gasteiger charge is -2.29. The number of urea groups is 1. The number of carbonyl (C=O) groups is 5. The summed E-state index contributed by atoms with van der Waals surface area (Å²) in [6.07, 6.45) is 0.669. The van der Waals surface area contributed by atoms with E-state index in [0.29, 0.717) is 18.7 Å². The van der Waals surface area contributed by atoms with E-state index in [-0.39, 0.29) is 36.1 Å². The van der Waals surface area contributed by atoms with Crippen molar-refractivity contribution in [3.63, 3.8) is 0 Å². The summed E-state index contributed by atoms with van der Waals surface area (Å²) in [5.41, 5.74) is 2.37. The quantitative estimate of drug-likeness (QED) is 0.138. The van der Waals surface area contributed by atoms with Crippen LogP contribution in [0.15, 0.2) is 66.7 Å². The zero-order chi connectivity index (χ0) is 33.6. The van der Waals surface area contributed by atoms with Gasteiger partial charge in [0.15, 0.2) is 11.8 Å². The number of hydrogen-bond donors (Lipinski definition) is 2. The maximum atomic E-state index is 13.7. The summed E-state index contributed by atoms with van der Waals surface area (Å²) in [5, 5.41) is 5.53. The molecule has 1 aliphatic rings. The number of anilines is 2. The molecule has 0 aliphatic carbocycles. The Bertz CT molecular complexity index is 1640. The number of benzene rings is 3. The van der Waals surface area contributed by atoms with Crippen LogP contribution < -0.4 is 15.4 Å². The third kappa shape index (κ3) is 8.51. The van der Waals surface area contributed by atoms with Crippen LogP contribution in [0, 0.1) is 19.3 Å². The van der Waals surface area contributed by atoms with Crippen molar-refractivity contribution in [2.24, 2.45) is 5.41 Å². The molecule has 242 valence electrons. The minimum Gasteiger partial charge on any atom is -0.493 e. The third-order valence-corrected chi connectivity index (χ3v) is 7.76. The van der Waals surface area contributed by atoms with Crippen LogP contribution in [-0.2, 0) is 25.7 Å². The highest BCUT2D eigenvalue weighted by molar-refractivity contribution is 6.34. The molecule has 0 bridgehead atoms. The van der Waals surface area contributed by atoms with Crippen LogP contribution in [0.25, 0.3) is 0 Å². The van der Waals surface area contributed by atoms with Gasteiger partial charge in [-0.3, -0.25) is 19.2 Å². The van der Waals surface area contributed by atoms with Crippen molar-refractivity contribution in [2.45, 2.75) is 60.0 Å². The molecule has 1 fully saturated rings. The van der Waals surface area contributed by atoms with Crippen molar-refractivity contribution >= 4 is 52.5 Å². The molecule has 3 aromatic rings. The fraction of sp³-hybridized carbons (Fsp3) is 0.343. The summed E-state index contributed by atoms with van der Waals surface area (Å²) in [5.74, 6) is -1.66.